The molecular formula is C13H22N2O3. The molecule has 5 heteroatoms. The minimum absolute atomic E-state index is 0.100. The number of nitrogens with zero attached hydrogens (tertiary/aromatic N) is 1. The molecule has 2 amide bonds. The summed E-state index contributed by atoms with van der Waals surface area (Å²) in [6.07, 6.45) is 6.40. The lowest BCUT2D eigenvalue weighted by atomic mass is 9.99. The molecule has 0 spiro atoms. The fourth-order valence-corrected chi connectivity index (χ4v) is 2.47. The first-order chi connectivity index (χ1) is 8.66. The van der Waals surface area contributed by atoms with E-state index in [1.165, 1.54) is 19.3 Å². The van der Waals surface area contributed by atoms with E-state index in [4.69, 9.17) is 5.11 Å². The molecule has 1 aliphatic heterocycles. The van der Waals surface area contributed by atoms with Gasteiger partial charge in [-0.25, -0.2) is 4.79 Å². The zero-order chi connectivity index (χ0) is 13.0. The quantitative estimate of drug-likeness (QED) is 0.733. The zero-order valence-corrected chi connectivity index (χ0v) is 10.7. The summed E-state index contributed by atoms with van der Waals surface area (Å²) in [7, 11) is 0. The normalized spacial score (nSPS) is 23.8. The Labute approximate surface area is 108 Å². The highest BCUT2D eigenvalue weighted by Gasteiger charge is 2.28. The number of hydrogen-bond acceptors (Lipinski definition) is 2. The molecule has 1 saturated carbocycles. The van der Waals surface area contributed by atoms with E-state index >= 15 is 0 Å². The molecule has 1 heterocycles. The molecule has 2 aliphatic rings. The summed E-state index contributed by atoms with van der Waals surface area (Å²) in [5, 5.41) is 11.9. The van der Waals surface area contributed by atoms with Gasteiger partial charge >= 0.3 is 12.0 Å². The van der Waals surface area contributed by atoms with Gasteiger partial charge in [0.1, 0.15) is 0 Å². The minimum atomic E-state index is -0.791. The Kier molecular flexibility index (Phi) is 4.44. The lowest BCUT2D eigenvalue weighted by molar-refractivity contribution is -0.143. The van der Waals surface area contributed by atoms with Crippen molar-refractivity contribution in [2.75, 3.05) is 19.6 Å². The zero-order valence-electron chi connectivity index (χ0n) is 10.7. The molecule has 2 fully saturated rings. The maximum Gasteiger partial charge on any atom is 0.317 e. The lowest BCUT2D eigenvalue weighted by Crippen LogP contribution is -2.47. The van der Waals surface area contributed by atoms with Crippen LogP contribution in [0.5, 0.6) is 0 Å². The highest BCUT2D eigenvalue weighted by Crippen LogP contribution is 2.33. The van der Waals surface area contributed by atoms with E-state index < -0.39 is 11.9 Å². The number of carbonyl (C=O) groups excluding carboxylic acids is 1. The van der Waals surface area contributed by atoms with Gasteiger partial charge in [-0.3, -0.25) is 4.79 Å². The highest BCUT2D eigenvalue weighted by atomic mass is 16.4. The van der Waals surface area contributed by atoms with E-state index in [1.54, 1.807) is 4.90 Å². The number of piperidine rings is 1. The van der Waals surface area contributed by atoms with Crippen LogP contribution >= 0.6 is 0 Å². The van der Waals surface area contributed by atoms with Gasteiger partial charge in [0.2, 0.25) is 0 Å². The maximum atomic E-state index is 11.8. The number of carboxylic acid groups (broad SMARTS) is 1. The number of urea groups is 1. The van der Waals surface area contributed by atoms with E-state index in [2.05, 4.69) is 5.32 Å². The summed E-state index contributed by atoms with van der Waals surface area (Å²) in [5.41, 5.74) is 0. The van der Waals surface area contributed by atoms with Gasteiger partial charge in [0.05, 0.1) is 5.92 Å². The van der Waals surface area contributed by atoms with Gasteiger partial charge < -0.3 is 15.3 Å². The number of carboxylic acids is 1. The van der Waals surface area contributed by atoms with Gasteiger partial charge in [0.15, 0.2) is 0 Å². The number of aliphatic carboxylic acids is 1. The van der Waals surface area contributed by atoms with Crippen LogP contribution < -0.4 is 5.32 Å². The predicted molar refractivity (Wildman–Crippen MR) is 67.3 cm³/mol. The predicted octanol–water partition coefficient (Wildman–Crippen LogP) is 1.68. The van der Waals surface area contributed by atoms with Crippen LogP contribution in [0.15, 0.2) is 0 Å². The van der Waals surface area contributed by atoms with Crippen molar-refractivity contribution >= 4 is 12.0 Å². The number of rotatable bonds is 5. The van der Waals surface area contributed by atoms with Gasteiger partial charge in [0.25, 0.3) is 0 Å². The molecular weight excluding hydrogens is 232 g/mol. The standard InChI is InChI=1S/C13H22N2O3/c16-12(17)11-4-2-8-15(9-11)13(18)14-7-1-3-10-5-6-10/h10-11H,1-9H2,(H,14,18)(H,16,17). The summed E-state index contributed by atoms with van der Waals surface area (Å²) in [4.78, 5) is 24.4. The van der Waals surface area contributed by atoms with Crippen molar-refractivity contribution in [3.8, 4) is 0 Å². The van der Waals surface area contributed by atoms with E-state index in [1.807, 2.05) is 0 Å². The monoisotopic (exact) mass is 254 g/mol. The Balaban J connectivity index is 1.65. The summed E-state index contributed by atoms with van der Waals surface area (Å²) in [6.45, 7) is 1.74. The first kappa shape index (κ1) is 13.2. The molecule has 1 unspecified atom stereocenters. The molecule has 1 aliphatic carbocycles. The van der Waals surface area contributed by atoms with Crippen molar-refractivity contribution in [1.29, 1.82) is 0 Å². The molecule has 1 saturated heterocycles. The second-order valence-electron chi connectivity index (χ2n) is 5.44. The van der Waals surface area contributed by atoms with Crippen LogP contribution in [0, 0.1) is 11.8 Å². The number of hydrogen-bond donors (Lipinski definition) is 2. The van der Waals surface area contributed by atoms with Crippen LogP contribution in [0.2, 0.25) is 0 Å². The largest absolute Gasteiger partial charge is 0.481 e. The lowest BCUT2D eigenvalue weighted by Gasteiger charge is -2.30. The molecule has 18 heavy (non-hydrogen) atoms. The van der Waals surface area contributed by atoms with E-state index in [0.29, 0.717) is 26.1 Å². The van der Waals surface area contributed by atoms with Crippen molar-refractivity contribution in [2.45, 2.75) is 38.5 Å². The topological polar surface area (TPSA) is 69.6 Å². The summed E-state index contributed by atoms with van der Waals surface area (Å²) in [6, 6.07) is -0.100. The average molecular weight is 254 g/mol. The molecule has 0 aromatic heterocycles. The Bertz CT molecular complexity index is 315. The van der Waals surface area contributed by atoms with Crippen molar-refractivity contribution in [3.05, 3.63) is 0 Å². The molecule has 0 bridgehead atoms. The van der Waals surface area contributed by atoms with E-state index in [0.717, 1.165) is 18.8 Å². The maximum absolute atomic E-state index is 11.8. The van der Waals surface area contributed by atoms with Crippen molar-refractivity contribution in [2.24, 2.45) is 11.8 Å². The summed E-state index contributed by atoms with van der Waals surface area (Å²) >= 11 is 0. The molecule has 1 atom stereocenters. The van der Waals surface area contributed by atoms with Crippen LogP contribution in [0.25, 0.3) is 0 Å². The first-order valence-electron chi connectivity index (χ1n) is 6.92. The molecule has 0 radical (unpaired) electrons. The van der Waals surface area contributed by atoms with Crippen LogP contribution in [0.1, 0.15) is 38.5 Å². The van der Waals surface area contributed by atoms with E-state index in [-0.39, 0.29) is 6.03 Å². The van der Waals surface area contributed by atoms with Crippen LogP contribution in [0.3, 0.4) is 0 Å². The van der Waals surface area contributed by atoms with Crippen LogP contribution in [-0.2, 0) is 4.79 Å². The molecule has 0 aromatic carbocycles. The number of likely N-dealkylation sites (tertiary alicyclic amines) is 1. The molecule has 102 valence electrons. The summed E-state index contributed by atoms with van der Waals surface area (Å²) in [5.74, 6) is -0.287. The smallest absolute Gasteiger partial charge is 0.317 e. The van der Waals surface area contributed by atoms with Gasteiger partial charge in [-0.15, -0.1) is 0 Å². The highest BCUT2D eigenvalue weighted by molar-refractivity contribution is 5.76. The van der Waals surface area contributed by atoms with Crippen molar-refractivity contribution < 1.29 is 14.7 Å². The Hall–Kier alpha value is -1.26. The van der Waals surface area contributed by atoms with Gasteiger partial charge in [-0.05, 0) is 31.6 Å². The van der Waals surface area contributed by atoms with Gasteiger partial charge in [0, 0.05) is 19.6 Å². The fraction of sp³-hybridized carbons (Fsp3) is 0.846. The Morgan fingerprint density at radius 3 is 2.72 bits per heavy atom. The number of nitrogens with one attached hydrogen (secondary N) is 1. The SMILES string of the molecule is O=C(O)C1CCCN(C(=O)NCCCC2CC2)C1. The fourth-order valence-electron chi connectivity index (χ4n) is 2.47. The van der Waals surface area contributed by atoms with E-state index in [9.17, 15) is 9.59 Å². The molecule has 2 N–H and O–H groups in total. The molecule has 5 nitrogen and oxygen atoms in total. The summed E-state index contributed by atoms with van der Waals surface area (Å²) < 4.78 is 0. The Morgan fingerprint density at radius 2 is 2.06 bits per heavy atom. The molecule has 2 rings (SSSR count). The first-order valence-corrected chi connectivity index (χ1v) is 6.92. The Morgan fingerprint density at radius 1 is 1.28 bits per heavy atom. The van der Waals surface area contributed by atoms with Crippen molar-refractivity contribution in [1.82, 2.24) is 10.2 Å². The number of amides is 2. The van der Waals surface area contributed by atoms with Crippen LogP contribution in [-0.4, -0.2) is 41.6 Å². The average Bonchev–Trinajstić information content (AvgIpc) is 3.18. The second-order valence-corrected chi connectivity index (χ2v) is 5.44. The van der Waals surface area contributed by atoms with Gasteiger partial charge in [-0.2, -0.15) is 0 Å². The second kappa shape index (κ2) is 6.07. The third-order valence-corrected chi connectivity index (χ3v) is 3.82. The number of carbonyl (C=O) groups is 2. The minimum Gasteiger partial charge on any atom is -0.481 e. The van der Waals surface area contributed by atoms with Crippen molar-refractivity contribution in [3.63, 3.8) is 0 Å². The van der Waals surface area contributed by atoms with Gasteiger partial charge in [-0.1, -0.05) is 12.8 Å². The molecule has 0 aromatic rings. The van der Waals surface area contributed by atoms with Crippen LogP contribution in [0.4, 0.5) is 4.79 Å². The third kappa shape index (κ3) is 3.89. The third-order valence-electron chi connectivity index (χ3n) is 3.82.